The molecule has 0 bridgehead atoms. The van der Waals surface area contributed by atoms with Crippen LogP contribution in [0.3, 0.4) is 0 Å². The number of para-hydroxylation sites is 1. The number of aromatic nitrogens is 3. The summed E-state index contributed by atoms with van der Waals surface area (Å²) in [5, 5.41) is 9.95. The molecule has 0 saturated heterocycles. The summed E-state index contributed by atoms with van der Waals surface area (Å²) in [4.78, 5) is 3.21. The molecule has 5 heteroatoms. The molecular weight excluding hydrogens is 258 g/mol. The molecule has 0 fully saturated rings. The zero-order valence-electron chi connectivity index (χ0n) is 10.9. The smallest absolute Gasteiger partial charge is 0.276 e. The van der Waals surface area contributed by atoms with Gasteiger partial charge in [-0.3, -0.25) is 0 Å². The van der Waals surface area contributed by atoms with Crippen LogP contribution in [0.25, 0.3) is 22.4 Å². The number of thioether (sulfide) groups is 1. The summed E-state index contributed by atoms with van der Waals surface area (Å²) in [5.41, 5.74) is 2.03. The summed E-state index contributed by atoms with van der Waals surface area (Å²) in [6.07, 6.45) is 1.91. The molecule has 0 aliphatic rings. The third kappa shape index (κ3) is 2.51. The van der Waals surface area contributed by atoms with Gasteiger partial charge in [0.2, 0.25) is 0 Å². The summed E-state index contributed by atoms with van der Waals surface area (Å²) < 4.78 is 5.71. The minimum Gasteiger partial charge on any atom is -0.411 e. The van der Waals surface area contributed by atoms with Crippen molar-refractivity contribution < 1.29 is 4.42 Å². The van der Waals surface area contributed by atoms with E-state index in [1.165, 1.54) is 0 Å². The Bertz CT molecular complexity index is 687. The number of rotatable bonds is 4. The Labute approximate surface area is 115 Å². The molecule has 0 saturated carbocycles. The van der Waals surface area contributed by atoms with E-state index in [4.69, 9.17) is 4.42 Å². The van der Waals surface area contributed by atoms with Crippen molar-refractivity contribution in [3.63, 3.8) is 0 Å². The van der Waals surface area contributed by atoms with E-state index in [0.29, 0.717) is 17.0 Å². The molecule has 1 N–H and O–H groups in total. The average molecular weight is 273 g/mol. The third-order valence-electron chi connectivity index (χ3n) is 2.77. The molecule has 19 heavy (non-hydrogen) atoms. The van der Waals surface area contributed by atoms with Crippen molar-refractivity contribution in [2.24, 2.45) is 5.92 Å². The summed E-state index contributed by atoms with van der Waals surface area (Å²) in [6, 6.07) is 8.08. The second-order valence-corrected chi connectivity index (χ2v) is 5.80. The molecule has 0 unspecified atom stereocenters. The van der Waals surface area contributed by atoms with Crippen LogP contribution in [-0.4, -0.2) is 20.9 Å². The van der Waals surface area contributed by atoms with Gasteiger partial charge in [0, 0.05) is 22.9 Å². The molecular formula is C14H15N3OS. The van der Waals surface area contributed by atoms with Crippen molar-refractivity contribution >= 4 is 22.7 Å². The first-order valence-corrected chi connectivity index (χ1v) is 7.25. The van der Waals surface area contributed by atoms with E-state index in [0.717, 1.165) is 22.2 Å². The minimum atomic E-state index is 0.573. The van der Waals surface area contributed by atoms with Crippen molar-refractivity contribution in [3.05, 3.63) is 30.5 Å². The van der Waals surface area contributed by atoms with Crippen LogP contribution in [0.5, 0.6) is 0 Å². The zero-order chi connectivity index (χ0) is 13.2. The number of fused-ring (bicyclic) bond motifs is 1. The normalized spacial score (nSPS) is 11.5. The van der Waals surface area contributed by atoms with Crippen molar-refractivity contribution in [1.82, 2.24) is 15.2 Å². The molecule has 0 aliphatic carbocycles. The highest BCUT2D eigenvalue weighted by atomic mass is 32.2. The van der Waals surface area contributed by atoms with Crippen molar-refractivity contribution in [1.29, 1.82) is 0 Å². The van der Waals surface area contributed by atoms with Gasteiger partial charge in [0.15, 0.2) is 0 Å². The predicted molar refractivity (Wildman–Crippen MR) is 77.2 cm³/mol. The first-order chi connectivity index (χ1) is 9.24. The molecule has 98 valence electrons. The van der Waals surface area contributed by atoms with Crippen molar-refractivity contribution in [2.45, 2.75) is 19.1 Å². The number of hydrogen-bond acceptors (Lipinski definition) is 4. The lowest BCUT2D eigenvalue weighted by molar-refractivity contribution is 0.465. The van der Waals surface area contributed by atoms with E-state index in [2.05, 4.69) is 29.0 Å². The quantitative estimate of drug-likeness (QED) is 0.731. The largest absolute Gasteiger partial charge is 0.411 e. The van der Waals surface area contributed by atoms with Crippen LogP contribution in [0.4, 0.5) is 0 Å². The van der Waals surface area contributed by atoms with Gasteiger partial charge in [-0.15, -0.1) is 10.2 Å². The van der Waals surface area contributed by atoms with Gasteiger partial charge in [0.05, 0.1) is 5.56 Å². The summed E-state index contributed by atoms with van der Waals surface area (Å²) in [7, 11) is 0. The first-order valence-electron chi connectivity index (χ1n) is 6.27. The Morgan fingerprint density at radius 1 is 1.26 bits per heavy atom. The highest BCUT2D eigenvalue weighted by Gasteiger charge is 2.13. The van der Waals surface area contributed by atoms with Crippen molar-refractivity contribution in [2.75, 3.05) is 5.75 Å². The number of nitrogens with zero attached hydrogens (tertiary/aromatic N) is 2. The van der Waals surface area contributed by atoms with Gasteiger partial charge < -0.3 is 9.40 Å². The number of hydrogen-bond donors (Lipinski definition) is 1. The molecule has 0 aliphatic heterocycles. The number of nitrogens with one attached hydrogen (secondary N) is 1. The van der Waals surface area contributed by atoms with E-state index < -0.39 is 0 Å². The Kier molecular flexibility index (Phi) is 3.29. The third-order valence-corrected chi connectivity index (χ3v) is 4.01. The van der Waals surface area contributed by atoms with E-state index in [-0.39, 0.29) is 0 Å². The number of H-pyrrole nitrogens is 1. The Morgan fingerprint density at radius 2 is 2.11 bits per heavy atom. The van der Waals surface area contributed by atoms with E-state index in [1.54, 1.807) is 11.8 Å². The highest BCUT2D eigenvalue weighted by molar-refractivity contribution is 7.99. The average Bonchev–Trinajstić information content (AvgIpc) is 3.02. The van der Waals surface area contributed by atoms with Crippen LogP contribution >= 0.6 is 11.8 Å². The van der Waals surface area contributed by atoms with Gasteiger partial charge in [-0.1, -0.05) is 43.8 Å². The molecule has 0 amide bonds. The van der Waals surface area contributed by atoms with Crippen LogP contribution in [0.1, 0.15) is 13.8 Å². The maximum absolute atomic E-state index is 5.71. The molecule has 2 aromatic heterocycles. The van der Waals surface area contributed by atoms with Crippen LogP contribution in [0, 0.1) is 5.92 Å². The van der Waals surface area contributed by atoms with E-state index >= 15 is 0 Å². The molecule has 3 aromatic rings. The second-order valence-electron chi connectivity index (χ2n) is 4.83. The van der Waals surface area contributed by atoms with E-state index in [1.807, 2.05) is 30.5 Å². The monoisotopic (exact) mass is 273 g/mol. The molecule has 0 radical (unpaired) electrons. The highest BCUT2D eigenvalue weighted by Crippen LogP contribution is 2.29. The van der Waals surface area contributed by atoms with Gasteiger partial charge in [-0.05, 0) is 12.0 Å². The Balaban J connectivity index is 1.90. The molecule has 0 spiro atoms. The fraction of sp³-hybridized carbons (Fsp3) is 0.286. The lowest BCUT2D eigenvalue weighted by Crippen LogP contribution is -1.89. The Hall–Kier alpha value is -1.75. The lowest BCUT2D eigenvalue weighted by atomic mass is 10.2. The fourth-order valence-corrected chi connectivity index (χ4v) is 2.58. The van der Waals surface area contributed by atoms with E-state index in [9.17, 15) is 0 Å². The predicted octanol–water partition coefficient (Wildman–Crippen LogP) is 3.97. The zero-order valence-corrected chi connectivity index (χ0v) is 11.7. The van der Waals surface area contributed by atoms with Crippen LogP contribution in [0.2, 0.25) is 0 Å². The molecule has 0 atom stereocenters. The van der Waals surface area contributed by atoms with Gasteiger partial charge in [-0.2, -0.15) is 0 Å². The maximum Gasteiger partial charge on any atom is 0.276 e. The standard InChI is InChI=1S/C14H15N3OS/c1-9(2)8-19-14-17-16-13(18-14)11-7-15-12-6-4-3-5-10(11)12/h3-7,9,15H,8H2,1-2H3. The molecule has 2 heterocycles. The van der Waals surface area contributed by atoms with Crippen molar-refractivity contribution in [3.8, 4) is 11.5 Å². The fourth-order valence-electron chi connectivity index (χ4n) is 1.86. The molecule has 4 nitrogen and oxygen atoms in total. The van der Waals surface area contributed by atoms with Crippen LogP contribution < -0.4 is 0 Å². The summed E-state index contributed by atoms with van der Waals surface area (Å²) in [6.45, 7) is 4.34. The van der Waals surface area contributed by atoms with Crippen LogP contribution in [0.15, 0.2) is 40.1 Å². The lowest BCUT2D eigenvalue weighted by Gasteiger charge is -1.98. The summed E-state index contributed by atoms with van der Waals surface area (Å²) >= 11 is 1.60. The molecule has 3 rings (SSSR count). The van der Waals surface area contributed by atoms with Gasteiger partial charge >= 0.3 is 0 Å². The van der Waals surface area contributed by atoms with Gasteiger partial charge in [-0.25, -0.2) is 0 Å². The number of aromatic amines is 1. The SMILES string of the molecule is CC(C)CSc1nnc(-c2c[nH]c3ccccc23)o1. The minimum absolute atomic E-state index is 0.573. The second kappa shape index (κ2) is 5.09. The first kappa shape index (κ1) is 12.3. The van der Waals surface area contributed by atoms with Gasteiger partial charge in [0.1, 0.15) is 0 Å². The Morgan fingerprint density at radius 3 is 2.95 bits per heavy atom. The number of benzene rings is 1. The van der Waals surface area contributed by atoms with Crippen LogP contribution in [-0.2, 0) is 0 Å². The summed E-state index contributed by atoms with van der Waals surface area (Å²) in [5.74, 6) is 2.16. The maximum atomic E-state index is 5.71. The van der Waals surface area contributed by atoms with Gasteiger partial charge in [0.25, 0.3) is 11.1 Å². The topological polar surface area (TPSA) is 54.7 Å². The molecule has 1 aromatic carbocycles.